The molecule has 0 amide bonds. The lowest BCUT2D eigenvalue weighted by atomic mass is 9.77. The van der Waals surface area contributed by atoms with Crippen molar-refractivity contribution >= 4 is 5.78 Å². The molecule has 2 unspecified atom stereocenters. The topological polar surface area (TPSA) is 52.9 Å². The summed E-state index contributed by atoms with van der Waals surface area (Å²) in [7, 11) is 0. The van der Waals surface area contributed by atoms with Crippen LogP contribution in [0.3, 0.4) is 0 Å². The highest BCUT2D eigenvalue weighted by atomic mass is 16.1. The molecule has 2 aliphatic rings. The molecule has 2 fully saturated rings. The molecule has 1 aromatic carbocycles. The quantitative estimate of drug-likeness (QED) is 0.858. The number of nitriles is 1. The molecule has 104 valence electrons. The third kappa shape index (κ3) is 2.76. The van der Waals surface area contributed by atoms with E-state index in [1.54, 1.807) is 0 Å². The molecular formula is C17H20N2O. The summed E-state index contributed by atoms with van der Waals surface area (Å²) in [6.45, 7) is 0. The summed E-state index contributed by atoms with van der Waals surface area (Å²) in [6, 6.07) is 10.8. The fraction of sp³-hybridized carbons (Fsp3) is 0.529. The third-order valence-electron chi connectivity index (χ3n) is 4.61. The van der Waals surface area contributed by atoms with E-state index in [-0.39, 0.29) is 11.7 Å². The van der Waals surface area contributed by atoms with Crippen LogP contribution in [0.4, 0.5) is 0 Å². The Bertz CT molecular complexity index is 517. The first-order chi connectivity index (χ1) is 9.76. The van der Waals surface area contributed by atoms with E-state index in [1.807, 2.05) is 24.3 Å². The van der Waals surface area contributed by atoms with Crippen molar-refractivity contribution < 1.29 is 4.79 Å². The van der Waals surface area contributed by atoms with Gasteiger partial charge in [0, 0.05) is 23.6 Å². The summed E-state index contributed by atoms with van der Waals surface area (Å²) in [5.41, 5.74) is 1.78. The van der Waals surface area contributed by atoms with Gasteiger partial charge in [0.25, 0.3) is 0 Å². The van der Waals surface area contributed by atoms with Gasteiger partial charge in [-0.15, -0.1) is 0 Å². The Balaban J connectivity index is 1.70. The number of hydrogen-bond acceptors (Lipinski definition) is 3. The van der Waals surface area contributed by atoms with Gasteiger partial charge in [-0.3, -0.25) is 4.79 Å². The molecule has 0 spiro atoms. The first-order valence-corrected chi connectivity index (χ1v) is 7.52. The predicted octanol–water partition coefficient (Wildman–Crippen LogP) is 2.86. The monoisotopic (exact) mass is 268 g/mol. The lowest BCUT2D eigenvalue weighted by Crippen LogP contribution is -2.50. The number of nitrogens with one attached hydrogen (secondary N) is 1. The highest BCUT2D eigenvalue weighted by Gasteiger charge is 2.34. The predicted molar refractivity (Wildman–Crippen MR) is 77.4 cm³/mol. The number of carbonyl (C=O) groups excluding carboxylic acids is 1. The fourth-order valence-corrected chi connectivity index (χ4v) is 3.59. The van der Waals surface area contributed by atoms with E-state index >= 15 is 0 Å². The maximum atomic E-state index is 12.6. The van der Waals surface area contributed by atoms with Crippen LogP contribution in [0.15, 0.2) is 24.3 Å². The molecule has 2 bridgehead atoms. The van der Waals surface area contributed by atoms with Crippen LogP contribution in [0.25, 0.3) is 0 Å². The van der Waals surface area contributed by atoms with Crippen LogP contribution in [-0.2, 0) is 6.42 Å². The molecule has 0 aliphatic carbocycles. The molecule has 20 heavy (non-hydrogen) atoms. The maximum Gasteiger partial charge on any atom is 0.166 e. The van der Waals surface area contributed by atoms with Crippen molar-refractivity contribution in [2.75, 3.05) is 0 Å². The van der Waals surface area contributed by atoms with Gasteiger partial charge in [0.05, 0.1) is 12.5 Å². The molecule has 0 saturated carbocycles. The standard InChI is InChI=1S/C17H20N2O/c18-9-8-12-4-6-13(7-5-12)17(20)14-10-15-2-1-3-16(11-14)19-15/h4-7,14-16,19H,1-3,8,10-11H2. The zero-order valence-corrected chi connectivity index (χ0v) is 11.6. The molecule has 2 aliphatic heterocycles. The maximum absolute atomic E-state index is 12.6. The molecule has 3 rings (SSSR count). The summed E-state index contributed by atoms with van der Waals surface area (Å²) >= 11 is 0. The second-order valence-electron chi connectivity index (χ2n) is 6.06. The zero-order valence-electron chi connectivity index (χ0n) is 11.6. The Morgan fingerprint density at radius 1 is 1.20 bits per heavy atom. The second-order valence-corrected chi connectivity index (χ2v) is 6.06. The van der Waals surface area contributed by atoms with Crippen LogP contribution in [0.5, 0.6) is 0 Å². The number of piperidine rings is 2. The molecule has 3 nitrogen and oxygen atoms in total. The zero-order chi connectivity index (χ0) is 13.9. The summed E-state index contributed by atoms with van der Waals surface area (Å²) in [6.07, 6.45) is 6.09. The van der Waals surface area contributed by atoms with Crippen molar-refractivity contribution in [1.29, 1.82) is 5.26 Å². The Morgan fingerprint density at radius 3 is 2.45 bits per heavy atom. The number of benzene rings is 1. The van der Waals surface area contributed by atoms with Gasteiger partial charge < -0.3 is 5.32 Å². The molecule has 0 radical (unpaired) electrons. The van der Waals surface area contributed by atoms with Crippen LogP contribution < -0.4 is 5.32 Å². The van der Waals surface area contributed by atoms with Crippen molar-refractivity contribution in [3.8, 4) is 6.07 Å². The average Bonchev–Trinajstić information content (AvgIpc) is 2.47. The number of carbonyl (C=O) groups is 1. The van der Waals surface area contributed by atoms with Crippen LogP contribution in [0.1, 0.15) is 48.0 Å². The number of rotatable bonds is 3. The van der Waals surface area contributed by atoms with E-state index < -0.39 is 0 Å². The van der Waals surface area contributed by atoms with Gasteiger partial charge in [0.2, 0.25) is 0 Å². The van der Waals surface area contributed by atoms with Crippen molar-refractivity contribution in [1.82, 2.24) is 5.32 Å². The Morgan fingerprint density at radius 2 is 1.85 bits per heavy atom. The highest BCUT2D eigenvalue weighted by molar-refractivity contribution is 5.98. The molecule has 2 saturated heterocycles. The largest absolute Gasteiger partial charge is 0.311 e. The summed E-state index contributed by atoms with van der Waals surface area (Å²) in [4.78, 5) is 12.6. The minimum absolute atomic E-state index is 0.174. The number of hydrogen-bond donors (Lipinski definition) is 1. The number of ketones is 1. The smallest absolute Gasteiger partial charge is 0.166 e. The van der Waals surface area contributed by atoms with Crippen molar-refractivity contribution in [2.45, 2.75) is 50.6 Å². The van der Waals surface area contributed by atoms with Gasteiger partial charge >= 0.3 is 0 Å². The minimum Gasteiger partial charge on any atom is -0.311 e. The highest BCUT2D eigenvalue weighted by Crippen LogP contribution is 2.31. The van der Waals surface area contributed by atoms with Gasteiger partial charge in [-0.25, -0.2) is 0 Å². The summed E-state index contributed by atoms with van der Waals surface area (Å²) < 4.78 is 0. The molecule has 0 aromatic heterocycles. The Labute approximate surface area is 120 Å². The van der Waals surface area contributed by atoms with Crippen molar-refractivity contribution in [3.63, 3.8) is 0 Å². The molecule has 1 aromatic rings. The van der Waals surface area contributed by atoms with Crippen LogP contribution in [0.2, 0.25) is 0 Å². The van der Waals surface area contributed by atoms with Gasteiger partial charge in [-0.05, 0) is 31.2 Å². The molecule has 1 N–H and O–H groups in total. The van der Waals surface area contributed by atoms with Crippen molar-refractivity contribution in [2.24, 2.45) is 5.92 Å². The van der Waals surface area contributed by atoms with E-state index in [4.69, 9.17) is 5.26 Å². The first kappa shape index (κ1) is 13.3. The lowest BCUT2D eigenvalue weighted by molar-refractivity contribution is 0.0825. The normalized spacial score (nSPS) is 28.6. The summed E-state index contributed by atoms with van der Waals surface area (Å²) in [5, 5.41) is 12.3. The van der Waals surface area contributed by atoms with E-state index in [2.05, 4.69) is 11.4 Å². The van der Waals surface area contributed by atoms with Crippen LogP contribution in [0, 0.1) is 17.2 Å². The third-order valence-corrected chi connectivity index (χ3v) is 4.61. The van der Waals surface area contributed by atoms with Gasteiger partial charge in [-0.1, -0.05) is 30.7 Å². The molecule has 3 heteroatoms. The van der Waals surface area contributed by atoms with Crippen LogP contribution >= 0.6 is 0 Å². The SMILES string of the molecule is N#CCc1ccc(C(=O)C2CC3CCCC(C2)N3)cc1. The first-order valence-electron chi connectivity index (χ1n) is 7.52. The van der Waals surface area contributed by atoms with Gasteiger partial charge in [0.1, 0.15) is 0 Å². The van der Waals surface area contributed by atoms with E-state index in [9.17, 15) is 4.79 Å². The molecule has 2 heterocycles. The number of fused-ring (bicyclic) bond motifs is 2. The fourth-order valence-electron chi connectivity index (χ4n) is 3.59. The van der Waals surface area contributed by atoms with Crippen LogP contribution in [-0.4, -0.2) is 17.9 Å². The van der Waals surface area contributed by atoms with E-state index in [0.717, 1.165) is 24.0 Å². The Hall–Kier alpha value is -1.66. The number of Topliss-reactive ketones (excluding diaryl/α,β-unsaturated/α-hetero) is 1. The molecule has 2 atom stereocenters. The lowest BCUT2D eigenvalue weighted by Gasteiger charge is -2.39. The van der Waals surface area contributed by atoms with E-state index in [0.29, 0.717) is 18.5 Å². The Kier molecular flexibility index (Phi) is 3.84. The summed E-state index contributed by atoms with van der Waals surface area (Å²) in [5.74, 6) is 0.459. The average molecular weight is 268 g/mol. The van der Waals surface area contributed by atoms with Crippen molar-refractivity contribution in [3.05, 3.63) is 35.4 Å². The van der Waals surface area contributed by atoms with E-state index in [1.165, 1.54) is 19.3 Å². The second kappa shape index (κ2) is 5.76. The van der Waals surface area contributed by atoms with Gasteiger partial charge in [0.15, 0.2) is 5.78 Å². The minimum atomic E-state index is 0.174. The van der Waals surface area contributed by atoms with Gasteiger partial charge in [-0.2, -0.15) is 5.26 Å². The number of nitrogens with zero attached hydrogens (tertiary/aromatic N) is 1. The molecular weight excluding hydrogens is 248 g/mol.